The summed E-state index contributed by atoms with van der Waals surface area (Å²) in [4.78, 5) is 0. The third-order valence-electron chi connectivity index (χ3n) is 6.60. The second-order valence-corrected chi connectivity index (χ2v) is 10.5. The fourth-order valence-corrected chi connectivity index (χ4v) is 4.14. The summed E-state index contributed by atoms with van der Waals surface area (Å²) < 4.78 is 0. The van der Waals surface area contributed by atoms with Gasteiger partial charge in [-0.3, -0.25) is 0 Å². The molecule has 0 saturated heterocycles. The summed E-state index contributed by atoms with van der Waals surface area (Å²) >= 11 is 0. The molecular weight excluding hydrogens is 496 g/mol. The maximum absolute atomic E-state index is 8.76. The van der Waals surface area contributed by atoms with E-state index >= 15 is 0 Å². The highest BCUT2D eigenvalue weighted by Crippen LogP contribution is 2.05. The van der Waals surface area contributed by atoms with Crippen molar-refractivity contribution in [2.45, 2.75) is 135 Å². The first-order chi connectivity index (χ1) is 20.4. The molecule has 0 aromatic carbocycles. The molecule has 0 aliphatic heterocycles. The minimum absolute atomic E-state index is 0.328. The second kappa shape index (κ2) is 37.6. The van der Waals surface area contributed by atoms with Crippen LogP contribution in [0.5, 0.6) is 0 Å². The van der Waals surface area contributed by atoms with Gasteiger partial charge in [-0.1, -0.05) is 116 Å². The van der Waals surface area contributed by atoms with Crippen molar-refractivity contribution in [1.82, 2.24) is 0 Å². The quantitative estimate of drug-likeness (QED) is 0.0712. The van der Waals surface area contributed by atoms with Crippen LogP contribution in [0.4, 0.5) is 0 Å². The van der Waals surface area contributed by atoms with Crippen molar-refractivity contribution in [3.05, 3.63) is 109 Å². The minimum atomic E-state index is 0.328. The molecule has 1 heteroatoms. The first-order valence-corrected chi connectivity index (χ1v) is 16.8. The van der Waals surface area contributed by atoms with E-state index < -0.39 is 0 Å². The van der Waals surface area contributed by atoms with Crippen molar-refractivity contribution in [1.29, 1.82) is 0 Å². The van der Waals surface area contributed by atoms with Crippen LogP contribution in [0.3, 0.4) is 0 Å². The summed E-state index contributed by atoms with van der Waals surface area (Å²) in [6.07, 6.45) is 64.3. The average molecular weight is 561 g/mol. The zero-order valence-electron chi connectivity index (χ0n) is 26.7. The molecule has 0 amide bonds. The molecule has 0 radical (unpaired) electrons. The van der Waals surface area contributed by atoms with Gasteiger partial charge in [-0.15, -0.1) is 0 Å². The SMILES string of the molecule is C/C=C/CC/C=C/CC/C=C/CC/C=C/CC/C=C/CC/C=C/CC/C=C/CC/C=C/CC/C=C/CCCCCO. The van der Waals surface area contributed by atoms with Crippen LogP contribution in [-0.4, -0.2) is 11.7 Å². The van der Waals surface area contributed by atoms with E-state index in [1.807, 2.05) is 0 Å². The predicted octanol–water partition coefficient (Wildman–Crippen LogP) is 12.8. The van der Waals surface area contributed by atoms with Gasteiger partial charge in [0, 0.05) is 6.61 Å². The number of unbranched alkanes of at least 4 members (excludes halogenated alkanes) is 11. The Bertz CT molecular complexity index is 769. The zero-order valence-corrected chi connectivity index (χ0v) is 26.7. The molecule has 230 valence electrons. The van der Waals surface area contributed by atoms with E-state index in [9.17, 15) is 0 Å². The molecule has 0 aliphatic carbocycles. The van der Waals surface area contributed by atoms with Crippen molar-refractivity contribution in [3.8, 4) is 0 Å². The second-order valence-electron chi connectivity index (χ2n) is 10.5. The molecular formula is C40H64O. The fourth-order valence-electron chi connectivity index (χ4n) is 4.14. The summed E-state index contributed by atoms with van der Waals surface area (Å²) in [6.45, 7) is 2.41. The number of allylic oxidation sites excluding steroid dienone is 18. The number of aliphatic hydroxyl groups is 1. The van der Waals surface area contributed by atoms with Gasteiger partial charge in [0.25, 0.3) is 0 Å². The summed E-state index contributed by atoms with van der Waals surface area (Å²) in [5.41, 5.74) is 0. The van der Waals surface area contributed by atoms with Gasteiger partial charge in [-0.05, 0) is 129 Å². The first kappa shape index (κ1) is 38.6. The third-order valence-corrected chi connectivity index (χ3v) is 6.60. The van der Waals surface area contributed by atoms with Crippen LogP contribution in [0, 0.1) is 0 Å². The lowest BCUT2D eigenvalue weighted by atomic mass is 10.1. The molecule has 41 heavy (non-hydrogen) atoms. The Hall–Kier alpha value is -2.38. The van der Waals surface area contributed by atoms with E-state index in [1.165, 1.54) is 6.42 Å². The standard InChI is InChI=1S/C40H64O/c1-2-3-4-5-6-7-8-9-10-11-12-13-14-15-16-17-18-19-20-21-22-23-24-25-26-27-28-29-30-31-32-33-34-35-36-37-38-39-40-41/h2-3,6-7,10-11,14-15,18-19,22-23,26-27,30-31,34-35,41H,4-5,8-9,12-13,16-17,20-21,24-25,28-29,32-33,36-40H2,1H3/b3-2+,7-6+,11-10+,15-14+,19-18+,23-22+,27-26+,31-30+,35-34+. The molecule has 0 atom stereocenters. The highest BCUT2D eigenvalue weighted by molar-refractivity contribution is 4.95. The van der Waals surface area contributed by atoms with E-state index in [2.05, 4.69) is 116 Å². The summed E-state index contributed by atoms with van der Waals surface area (Å²) in [6, 6.07) is 0. The topological polar surface area (TPSA) is 20.2 Å². The van der Waals surface area contributed by atoms with Crippen LogP contribution >= 0.6 is 0 Å². The van der Waals surface area contributed by atoms with Gasteiger partial charge in [0.1, 0.15) is 0 Å². The largest absolute Gasteiger partial charge is 0.396 e. The van der Waals surface area contributed by atoms with Crippen molar-refractivity contribution in [2.24, 2.45) is 0 Å². The monoisotopic (exact) mass is 560 g/mol. The molecule has 1 nitrogen and oxygen atoms in total. The van der Waals surface area contributed by atoms with E-state index in [4.69, 9.17) is 5.11 Å². The molecule has 0 aromatic rings. The van der Waals surface area contributed by atoms with Crippen molar-refractivity contribution >= 4 is 0 Å². The lowest BCUT2D eigenvalue weighted by molar-refractivity contribution is 0.283. The third kappa shape index (κ3) is 37.6. The summed E-state index contributed by atoms with van der Waals surface area (Å²) in [5, 5.41) is 8.76. The summed E-state index contributed by atoms with van der Waals surface area (Å²) in [7, 11) is 0. The van der Waals surface area contributed by atoms with E-state index in [0.29, 0.717) is 6.61 Å². The van der Waals surface area contributed by atoms with Gasteiger partial charge < -0.3 is 5.11 Å². The molecule has 1 N–H and O–H groups in total. The van der Waals surface area contributed by atoms with E-state index in [-0.39, 0.29) is 0 Å². The van der Waals surface area contributed by atoms with Gasteiger partial charge in [0.05, 0.1) is 0 Å². The molecule has 0 unspecified atom stereocenters. The highest BCUT2D eigenvalue weighted by Gasteiger charge is 1.86. The molecule has 0 fully saturated rings. The number of aliphatic hydroxyl groups excluding tert-OH is 1. The lowest BCUT2D eigenvalue weighted by Gasteiger charge is -1.93. The first-order valence-electron chi connectivity index (χ1n) is 16.8. The van der Waals surface area contributed by atoms with Crippen LogP contribution in [-0.2, 0) is 0 Å². The highest BCUT2D eigenvalue weighted by atomic mass is 16.2. The van der Waals surface area contributed by atoms with Crippen LogP contribution in [0.25, 0.3) is 0 Å². The van der Waals surface area contributed by atoms with Crippen LogP contribution in [0.15, 0.2) is 109 Å². The Kier molecular flexibility index (Phi) is 35.4. The number of hydrogen-bond donors (Lipinski definition) is 1. The Balaban J connectivity index is 3.43. The normalized spacial score (nSPS) is 13.3. The molecule has 0 rings (SSSR count). The van der Waals surface area contributed by atoms with Gasteiger partial charge in [0.15, 0.2) is 0 Å². The molecule has 0 aromatic heterocycles. The summed E-state index contributed by atoms with van der Waals surface area (Å²) in [5.74, 6) is 0. The lowest BCUT2D eigenvalue weighted by Crippen LogP contribution is -1.81. The van der Waals surface area contributed by atoms with Gasteiger partial charge in [-0.25, -0.2) is 0 Å². The number of rotatable bonds is 29. The molecule has 0 heterocycles. The molecule has 0 saturated carbocycles. The van der Waals surface area contributed by atoms with Crippen molar-refractivity contribution in [2.75, 3.05) is 6.61 Å². The average Bonchev–Trinajstić information content (AvgIpc) is 2.98. The van der Waals surface area contributed by atoms with Crippen LogP contribution in [0.2, 0.25) is 0 Å². The Morgan fingerprint density at radius 1 is 0.268 bits per heavy atom. The van der Waals surface area contributed by atoms with Gasteiger partial charge in [0.2, 0.25) is 0 Å². The minimum Gasteiger partial charge on any atom is -0.396 e. The van der Waals surface area contributed by atoms with Crippen LogP contribution in [0.1, 0.15) is 135 Å². The molecule has 0 bridgehead atoms. The van der Waals surface area contributed by atoms with E-state index in [1.54, 1.807) is 0 Å². The van der Waals surface area contributed by atoms with Crippen molar-refractivity contribution in [3.63, 3.8) is 0 Å². The Labute approximate surface area is 256 Å². The zero-order chi connectivity index (χ0) is 29.6. The molecule has 0 spiro atoms. The maximum atomic E-state index is 8.76. The predicted molar refractivity (Wildman–Crippen MR) is 187 cm³/mol. The van der Waals surface area contributed by atoms with Crippen molar-refractivity contribution < 1.29 is 5.11 Å². The number of hydrogen-bond acceptors (Lipinski definition) is 1. The smallest absolute Gasteiger partial charge is 0.0431 e. The van der Waals surface area contributed by atoms with E-state index in [0.717, 1.165) is 122 Å². The fraction of sp³-hybridized carbons (Fsp3) is 0.550. The Morgan fingerprint density at radius 2 is 0.488 bits per heavy atom. The van der Waals surface area contributed by atoms with Crippen LogP contribution < -0.4 is 0 Å². The maximum Gasteiger partial charge on any atom is 0.0431 e. The van der Waals surface area contributed by atoms with Gasteiger partial charge >= 0.3 is 0 Å². The molecule has 0 aliphatic rings. The Morgan fingerprint density at radius 3 is 0.707 bits per heavy atom. The van der Waals surface area contributed by atoms with Gasteiger partial charge in [-0.2, -0.15) is 0 Å².